The van der Waals surface area contributed by atoms with Gasteiger partial charge in [-0.3, -0.25) is 9.36 Å². The second-order valence-electron chi connectivity index (χ2n) is 6.19. The number of benzene rings is 1. The van der Waals surface area contributed by atoms with Crippen LogP contribution in [-0.4, -0.2) is 32.0 Å². The van der Waals surface area contributed by atoms with Gasteiger partial charge in [-0.2, -0.15) is 5.26 Å². The van der Waals surface area contributed by atoms with E-state index in [1.165, 1.54) is 4.57 Å². The fourth-order valence-corrected chi connectivity index (χ4v) is 2.82. The van der Waals surface area contributed by atoms with Gasteiger partial charge in [0, 0.05) is 0 Å². The van der Waals surface area contributed by atoms with Crippen LogP contribution in [0.1, 0.15) is 26.3 Å². The van der Waals surface area contributed by atoms with Crippen molar-refractivity contribution in [2.75, 3.05) is 5.75 Å². The molecule has 0 aliphatic carbocycles. The number of aromatic amines is 1. The summed E-state index contributed by atoms with van der Waals surface area (Å²) in [6.45, 7) is 5.83. The third kappa shape index (κ3) is 4.73. The zero-order chi connectivity index (χ0) is 18.4. The molecule has 0 saturated carbocycles. The molecule has 0 fully saturated rings. The fourth-order valence-electron chi connectivity index (χ4n) is 2.08. The van der Waals surface area contributed by atoms with Crippen LogP contribution < -0.4 is 11.0 Å². The summed E-state index contributed by atoms with van der Waals surface area (Å²) >= 11 is 1.16. The molecule has 0 saturated heterocycles. The van der Waals surface area contributed by atoms with E-state index in [1.54, 1.807) is 6.92 Å². The molecule has 0 radical (unpaired) electrons. The van der Waals surface area contributed by atoms with Crippen LogP contribution in [0.25, 0.3) is 0 Å². The Morgan fingerprint density at radius 1 is 1.44 bits per heavy atom. The molecule has 2 aromatic rings. The highest BCUT2D eigenvalue weighted by atomic mass is 32.2. The molecule has 0 bridgehead atoms. The molecular formula is C17H21N5O2S. The lowest BCUT2D eigenvalue weighted by atomic mass is 9.90. The summed E-state index contributed by atoms with van der Waals surface area (Å²) in [5, 5.41) is 18.8. The van der Waals surface area contributed by atoms with Gasteiger partial charge in [0.25, 0.3) is 0 Å². The zero-order valence-corrected chi connectivity index (χ0v) is 15.3. The van der Waals surface area contributed by atoms with E-state index >= 15 is 0 Å². The smallest absolute Gasteiger partial charge is 0.337 e. The first-order valence-electron chi connectivity index (χ1n) is 7.90. The van der Waals surface area contributed by atoms with E-state index in [2.05, 4.69) is 21.6 Å². The van der Waals surface area contributed by atoms with E-state index in [0.717, 1.165) is 17.3 Å². The number of nitriles is 1. The molecule has 0 unspecified atom stereocenters. The van der Waals surface area contributed by atoms with Crippen LogP contribution in [0.5, 0.6) is 0 Å². The van der Waals surface area contributed by atoms with Crippen molar-refractivity contribution < 1.29 is 4.79 Å². The molecule has 0 aliphatic rings. The Balaban J connectivity index is 2.03. The Hall–Kier alpha value is -2.53. The molecule has 0 aliphatic heterocycles. The lowest BCUT2D eigenvalue weighted by molar-refractivity contribution is -0.120. The van der Waals surface area contributed by atoms with E-state index in [1.807, 2.05) is 44.2 Å². The normalized spacial score (nSPS) is 13.2. The number of hydrogen-bond acceptors (Lipinski definition) is 5. The molecule has 8 heteroatoms. The summed E-state index contributed by atoms with van der Waals surface area (Å²) in [4.78, 5) is 24.1. The predicted molar refractivity (Wildman–Crippen MR) is 96.1 cm³/mol. The zero-order valence-electron chi connectivity index (χ0n) is 14.4. The van der Waals surface area contributed by atoms with Gasteiger partial charge in [0.15, 0.2) is 5.16 Å². The standard InChI is InChI=1S/C17H21N5O2S/c1-12(2)17(3,11-18)19-14(23)10-25-16-21-20-15(24)22(16)9-13-7-5-4-6-8-13/h4-8,12H,9-10H2,1-3H3,(H,19,23)(H,20,24)/t17-/m0/s1. The van der Waals surface area contributed by atoms with Gasteiger partial charge < -0.3 is 5.32 Å². The Morgan fingerprint density at radius 3 is 2.72 bits per heavy atom. The minimum atomic E-state index is -0.924. The van der Waals surface area contributed by atoms with Gasteiger partial charge in [0.1, 0.15) is 5.54 Å². The van der Waals surface area contributed by atoms with Gasteiger partial charge in [-0.1, -0.05) is 55.9 Å². The number of H-pyrrole nitrogens is 1. The first kappa shape index (κ1) is 18.8. The van der Waals surface area contributed by atoms with Crippen molar-refractivity contribution >= 4 is 17.7 Å². The van der Waals surface area contributed by atoms with Crippen molar-refractivity contribution in [1.82, 2.24) is 20.1 Å². The number of carbonyl (C=O) groups excluding carboxylic acids is 1. The maximum Gasteiger partial charge on any atom is 0.344 e. The average molecular weight is 359 g/mol. The summed E-state index contributed by atoms with van der Waals surface area (Å²) in [7, 11) is 0. The van der Waals surface area contributed by atoms with Crippen molar-refractivity contribution in [3.05, 3.63) is 46.4 Å². The maximum atomic E-state index is 12.2. The van der Waals surface area contributed by atoms with Crippen LogP contribution in [0.15, 0.2) is 40.3 Å². The molecule has 25 heavy (non-hydrogen) atoms. The van der Waals surface area contributed by atoms with Crippen LogP contribution in [0, 0.1) is 17.2 Å². The highest BCUT2D eigenvalue weighted by Crippen LogP contribution is 2.18. The molecule has 132 valence electrons. The molecular weight excluding hydrogens is 338 g/mol. The van der Waals surface area contributed by atoms with Gasteiger partial charge >= 0.3 is 5.69 Å². The number of carbonyl (C=O) groups is 1. The molecule has 1 amide bonds. The number of nitrogens with zero attached hydrogens (tertiary/aromatic N) is 3. The highest BCUT2D eigenvalue weighted by molar-refractivity contribution is 7.99. The first-order chi connectivity index (χ1) is 11.9. The number of hydrogen-bond donors (Lipinski definition) is 2. The van der Waals surface area contributed by atoms with Crippen LogP contribution in [0.2, 0.25) is 0 Å². The van der Waals surface area contributed by atoms with Crippen LogP contribution in [0.4, 0.5) is 0 Å². The van der Waals surface area contributed by atoms with Crippen LogP contribution >= 0.6 is 11.8 Å². The van der Waals surface area contributed by atoms with Crippen molar-refractivity contribution in [3.8, 4) is 6.07 Å². The molecule has 7 nitrogen and oxygen atoms in total. The van der Waals surface area contributed by atoms with E-state index in [4.69, 9.17) is 0 Å². The summed E-state index contributed by atoms with van der Waals surface area (Å²) < 4.78 is 1.49. The predicted octanol–water partition coefficient (Wildman–Crippen LogP) is 1.77. The number of nitrogens with one attached hydrogen (secondary N) is 2. The third-order valence-corrected chi connectivity index (χ3v) is 5.00. The average Bonchev–Trinajstić information content (AvgIpc) is 2.94. The lowest BCUT2D eigenvalue weighted by Gasteiger charge is -2.27. The molecule has 2 N–H and O–H groups in total. The summed E-state index contributed by atoms with van der Waals surface area (Å²) in [5.74, 6) is -0.221. The van der Waals surface area contributed by atoms with Gasteiger partial charge in [-0.25, -0.2) is 9.89 Å². The third-order valence-electron chi connectivity index (χ3n) is 4.03. The fraction of sp³-hybridized carbons (Fsp3) is 0.412. The quantitative estimate of drug-likeness (QED) is 0.733. The van der Waals surface area contributed by atoms with Crippen molar-refractivity contribution in [1.29, 1.82) is 5.26 Å². The van der Waals surface area contributed by atoms with Crippen molar-refractivity contribution in [2.24, 2.45) is 5.92 Å². The Kier molecular flexibility index (Phi) is 6.04. The Bertz CT molecular complexity index is 822. The molecule has 1 aromatic carbocycles. The van der Waals surface area contributed by atoms with Gasteiger partial charge in [0.2, 0.25) is 5.91 Å². The molecule has 0 spiro atoms. The summed E-state index contributed by atoms with van der Waals surface area (Å²) in [6, 6.07) is 11.7. The minimum Gasteiger partial charge on any atom is -0.337 e. The maximum absolute atomic E-state index is 12.2. The molecule has 1 heterocycles. The monoisotopic (exact) mass is 359 g/mol. The van der Waals surface area contributed by atoms with E-state index < -0.39 is 5.54 Å². The second-order valence-corrected chi connectivity index (χ2v) is 7.13. The van der Waals surface area contributed by atoms with Gasteiger partial charge in [0.05, 0.1) is 18.4 Å². The Labute approximate surface area is 150 Å². The highest BCUT2D eigenvalue weighted by Gasteiger charge is 2.30. The van der Waals surface area contributed by atoms with Crippen molar-refractivity contribution in [2.45, 2.75) is 38.0 Å². The topological polar surface area (TPSA) is 104 Å². The van der Waals surface area contributed by atoms with Gasteiger partial charge in [-0.15, -0.1) is 5.10 Å². The molecule has 1 aromatic heterocycles. The van der Waals surface area contributed by atoms with E-state index in [9.17, 15) is 14.9 Å². The summed E-state index contributed by atoms with van der Waals surface area (Å²) in [6.07, 6.45) is 0. The van der Waals surface area contributed by atoms with Crippen molar-refractivity contribution in [3.63, 3.8) is 0 Å². The second kappa shape index (κ2) is 8.03. The molecule has 1 atom stereocenters. The van der Waals surface area contributed by atoms with E-state index in [0.29, 0.717) is 11.7 Å². The SMILES string of the molecule is CC(C)[C@](C)(C#N)NC(=O)CSc1n[nH]c(=O)n1Cc1ccccc1. The minimum absolute atomic E-state index is 0.0203. The number of rotatable bonds is 7. The van der Waals surface area contributed by atoms with Crippen LogP contribution in [0.3, 0.4) is 0 Å². The van der Waals surface area contributed by atoms with E-state index in [-0.39, 0.29) is 23.3 Å². The molecule has 2 rings (SSSR count). The number of amides is 1. The van der Waals surface area contributed by atoms with Gasteiger partial charge in [-0.05, 0) is 18.4 Å². The van der Waals surface area contributed by atoms with Crippen LogP contribution in [-0.2, 0) is 11.3 Å². The first-order valence-corrected chi connectivity index (χ1v) is 8.88. The number of aromatic nitrogens is 3. The number of thioether (sulfide) groups is 1. The summed E-state index contributed by atoms with van der Waals surface area (Å²) in [5.41, 5.74) is -0.280. The Morgan fingerprint density at radius 2 is 2.12 bits per heavy atom. The lowest BCUT2D eigenvalue weighted by Crippen LogP contribution is -2.49. The largest absolute Gasteiger partial charge is 0.344 e.